The Labute approximate surface area is 119 Å². The van der Waals surface area contributed by atoms with Gasteiger partial charge in [0.05, 0.1) is 11.5 Å². The highest BCUT2D eigenvalue weighted by atomic mass is 16.6. The third kappa shape index (κ3) is 5.40. The van der Waals surface area contributed by atoms with Crippen LogP contribution in [0.4, 0.5) is 5.69 Å². The molecule has 0 amide bonds. The van der Waals surface area contributed by atoms with Gasteiger partial charge in [-0.05, 0) is 30.5 Å². The molecular weight excluding hydrogens is 256 g/mol. The van der Waals surface area contributed by atoms with Crippen molar-refractivity contribution in [2.75, 3.05) is 13.2 Å². The first-order chi connectivity index (χ1) is 9.54. The average molecular weight is 278 g/mol. The van der Waals surface area contributed by atoms with Crippen molar-refractivity contribution in [3.8, 4) is 5.75 Å². The van der Waals surface area contributed by atoms with Crippen LogP contribution in [-0.2, 0) is 6.54 Å². The summed E-state index contributed by atoms with van der Waals surface area (Å²) in [5.74, 6) is 0.857. The highest BCUT2D eigenvalue weighted by molar-refractivity contribution is 5.48. The molecule has 0 aliphatic carbocycles. The molecule has 0 saturated carbocycles. The first-order valence-electron chi connectivity index (χ1n) is 6.76. The summed E-state index contributed by atoms with van der Waals surface area (Å²) in [6.07, 6.45) is 2.38. The minimum atomic E-state index is -0.408. The Morgan fingerprint density at radius 1 is 1.50 bits per heavy atom. The van der Waals surface area contributed by atoms with Crippen LogP contribution in [-0.4, -0.2) is 18.1 Å². The zero-order valence-corrected chi connectivity index (χ0v) is 12.1. The van der Waals surface area contributed by atoms with E-state index in [1.165, 1.54) is 0 Å². The van der Waals surface area contributed by atoms with Crippen molar-refractivity contribution >= 4 is 5.69 Å². The Kier molecular flexibility index (Phi) is 6.73. The summed E-state index contributed by atoms with van der Waals surface area (Å²) in [5.41, 5.74) is 0.895. The zero-order valence-electron chi connectivity index (χ0n) is 12.1. The van der Waals surface area contributed by atoms with Gasteiger partial charge in [-0.1, -0.05) is 26.0 Å². The lowest BCUT2D eigenvalue weighted by molar-refractivity contribution is -0.385. The SMILES string of the molecule is C=CCCOc1ccc(CNCC(C)C)cc1[N+](=O)[O-]. The van der Waals surface area contributed by atoms with Crippen molar-refractivity contribution in [1.82, 2.24) is 5.32 Å². The molecule has 5 nitrogen and oxygen atoms in total. The van der Waals surface area contributed by atoms with Gasteiger partial charge in [-0.15, -0.1) is 6.58 Å². The Morgan fingerprint density at radius 3 is 2.85 bits per heavy atom. The third-order valence-electron chi connectivity index (χ3n) is 2.68. The Balaban J connectivity index is 2.73. The second-order valence-electron chi connectivity index (χ2n) is 5.01. The van der Waals surface area contributed by atoms with Gasteiger partial charge in [0.15, 0.2) is 5.75 Å². The Hall–Kier alpha value is -1.88. The molecular formula is C15H22N2O3. The maximum absolute atomic E-state index is 11.1. The smallest absolute Gasteiger partial charge is 0.311 e. The molecule has 1 aromatic carbocycles. The lowest BCUT2D eigenvalue weighted by Gasteiger charge is -2.09. The maximum Gasteiger partial charge on any atom is 0.311 e. The van der Waals surface area contributed by atoms with Gasteiger partial charge in [0, 0.05) is 12.6 Å². The topological polar surface area (TPSA) is 64.4 Å². The van der Waals surface area contributed by atoms with Gasteiger partial charge >= 0.3 is 5.69 Å². The minimum Gasteiger partial charge on any atom is -0.486 e. The summed E-state index contributed by atoms with van der Waals surface area (Å²) in [7, 11) is 0. The van der Waals surface area contributed by atoms with Crippen molar-refractivity contribution in [3.05, 3.63) is 46.5 Å². The van der Waals surface area contributed by atoms with Gasteiger partial charge < -0.3 is 10.1 Å². The number of nitrogens with one attached hydrogen (secondary N) is 1. The zero-order chi connectivity index (χ0) is 15.0. The van der Waals surface area contributed by atoms with Gasteiger partial charge in [-0.3, -0.25) is 10.1 Å². The largest absolute Gasteiger partial charge is 0.486 e. The monoisotopic (exact) mass is 278 g/mol. The van der Waals surface area contributed by atoms with E-state index in [2.05, 4.69) is 25.7 Å². The molecule has 0 heterocycles. The lowest BCUT2D eigenvalue weighted by Crippen LogP contribution is -2.19. The fourth-order valence-electron chi connectivity index (χ4n) is 1.70. The second kappa shape index (κ2) is 8.32. The van der Waals surface area contributed by atoms with E-state index >= 15 is 0 Å². The van der Waals surface area contributed by atoms with Gasteiger partial charge in [-0.2, -0.15) is 0 Å². The van der Waals surface area contributed by atoms with E-state index in [-0.39, 0.29) is 5.69 Å². The molecule has 110 valence electrons. The average Bonchev–Trinajstić information content (AvgIpc) is 2.39. The number of hydrogen-bond acceptors (Lipinski definition) is 4. The van der Waals surface area contributed by atoms with Crippen LogP contribution in [0.3, 0.4) is 0 Å². The molecule has 1 N–H and O–H groups in total. The molecule has 0 bridgehead atoms. The molecule has 0 unspecified atom stereocenters. The van der Waals surface area contributed by atoms with Crippen LogP contribution in [0.15, 0.2) is 30.9 Å². The molecule has 20 heavy (non-hydrogen) atoms. The van der Waals surface area contributed by atoms with Crippen LogP contribution >= 0.6 is 0 Å². The number of nitro groups is 1. The molecule has 0 saturated heterocycles. The van der Waals surface area contributed by atoms with E-state index in [9.17, 15) is 10.1 Å². The van der Waals surface area contributed by atoms with Crippen LogP contribution in [0.25, 0.3) is 0 Å². The maximum atomic E-state index is 11.1. The summed E-state index contributed by atoms with van der Waals surface area (Å²) < 4.78 is 5.40. The molecule has 5 heteroatoms. The van der Waals surface area contributed by atoms with Crippen molar-refractivity contribution in [1.29, 1.82) is 0 Å². The van der Waals surface area contributed by atoms with E-state index in [1.54, 1.807) is 18.2 Å². The summed E-state index contributed by atoms with van der Waals surface area (Å²) in [5, 5.41) is 14.3. The summed E-state index contributed by atoms with van der Waals surface area (Å²) in [6.45, 7) is 9.72. The Morgan fingerprint density at radius 2 is 2.25 bits per heavy atom. The normalized spacial score (nSPS) is 10.6. The number of ether oxygens (including phenoxy) is 1. The van der Waals surface area contributed by atoms with Crippen LogP contribution < -0.4 is 10.1 Å². The van der Waals surface area contributed by atoms with Crippen molar-refractivity contribution in [2.45, 2.75) is 26.8 Å². The standard InChI is InChI=1S/C15H22N2O3/c1-4-5-8-20-15-7-6-13(9-14(15)17(18)19)11-16-10-12(2)3/h4,6-7,9,12,16H,1,5,8,10-11H2,2-3H3. The molecule has 1 rings (SSSR count). The molecule has 0 fully saturated rings. The van der Waals surface area contributed by atoms with Crippen LogP contribution in [0, 0.1) is 16.0 Å². The number of nitro benzene ring substituents is 1. The molecule has 0 aromatic heterocycles. The number of rotatable bonds is 9. The van der Waals surface area contributed by atoms with E-state index in [4.69, 9.17) is 4.74 Å². The quantitative estimate of drug-likeness (QED) is 0.326. The number of hydrogen-bond donors (Lipinski definition) is 1. The van der Waals surface area contributed by atoms with Crippen LogP contribution in [0.2, 0.25) is 0 Å². The Bertz CT molecular complexity index is 458. The van der Waals surface area contributed by atoms with Crippen molar-refractivity contribution in [3.63, 3.8) is 0 Å². The number of benzene rings is 1. The number of nitrogens with zero attached hydrogens (tertiary/aromatic N) is 1. The predicted molar refractivity (Wildman–Crippen MR) is 80.0 cm³/mol. The van der Waals surface area contributed by atoms with E-state index in [0.717, 1.165) is 12.1 Å². The summed E-state index contributed by atoms with van der Waals surface area (Å²) >= 11 is 0. The lowest BCUT2D eigenvalue weighted by atomic mass is 10.1. The van der Waals surface area contributed by atoms with Gasteiger partial charge in [0.1, 0.15) is 0 Å². The van der Waals surface area contributed by atoms with Crippen molar-refractivity contribution in [2.24, 2.45) is 5.92 Å². The summed E-state index contributed by atoms with van der Waals surface area (Å²) in [6, 6.07) is 5.08. The van der Waals surface area contributed by atoms with Gasteiger partial charge in [0.25, 0.3) is 0 Å². The first-order valence-corrected chi connectivity index (χ1v) is 6.76. The highest BCUT2D eigenvalue weighted by Gasteiger charge is 2.15. The third-order valence-corrected chi connectivity index (χ3v) is 2.68. The highest BCUT2D eigenvalue weighted by Crippen LogP contribution is 2.28. The van der Waals surface area contributed by atoms with Crippen LogP contribution in [0.1, 0.15) is 25.8 Å². The fourth-order valence-corrected chi connectivity index (χ4v) is 1.70. The van der Waals surface area contributed by atoms with Gasteiger partial charge in [-0.25, -0.2) is 0 Å². The molecule has 0 atom stereocenters. The predicted octanol–water partition coefficient (Wildman–Crippen LogP) is 3.30. The van der Waals surface area contributed by atoms with E-state index < -0.39 is 4.92 Å². The summed E-state index contributed by atoms with van der Waals surface area (Å²) in [4.78, 5) is 10.7. The fraction of sp³-hybridized carbons (Fsp3) is 0.467. The second-order valence-corrected chi connectivity index (χ2v) is 5.01. The van der Waals surface area contributed by atoms with Gasteiger partial charge in [0.2, 0.25) is 0 Å². The molecule has 0 aliphatic heterocycles. The van der Waals surface area contributed by atoms with E-state index in [0.29, 0.717) is 31.2 Å². The van der Waals surface area contributed by atoms with E-state index in [1.807, 2.05) is 6.07 Å². The van der Waals surface area contributed by atoms with Crippen LogP contribution in [0.5, 0.6) is 5.75 Å². The first kappa shape index (κ1) is 16.2. The van der Waals surface area contributed by atoms with Crippen molar-refractivity contribution < 1.29 is 9.66 Å². The molecule has 0 radical (unpaired) electrons. The minimum absolute atomic E-state index is 0.0120. The molecule has 0 spiro atoms. The molecule has 1 aromatic rings. The molecule has 0 aliphatic rings.